The third kappa shape index (κ3) is 11.4. The lowest BCUT2D eigenvalue weighted by Gasteiger charge is -2.46. The first kappa shape index (κ1) is 40.3. The molecule has 1 fully saturated rings. The van der Waals surface area contributed by atoms with E-state index in [2.05, 4.69) is 115 Å². The molecule has 1 saturated heterocycles. The molecule has 0 saturated carbocycles. The Hall–Kier alpha value is -4.89. The van der Waals surface area contributed by atoms with E-state index >= 15 is 0 Å². The maximum absolute atomic E-state index is 7.08. The summed E-state index contributed by atoms with van der Waals surface area (Å²) < 4.78 is 39.3. The topological polar surface area (TPSA) is 55.4 Å². The molecule has 0 unspecified atom stereocenters. The first-order valence-electron chi connectivity index (χ1n) is 19.8. The number of benzene rings is 6. The zero-order chi connectivity index (χ0) is 39.1. The molecule has 6 nitrogen and oxygen atoms in total. The van der Waals surface area contributed by atoms with Crippen molar-refractivity contribution in [3.8, 4) is 11.5 Å². The molecule has 5 atom stereocenters. The van der Waals surface area contributed by atoms with Crippen LogP contribution in [0.15, 0.2) is 164 Å². The van der Waals surface area contributed by atoms with Crippen LogP contribution in [0.3, 0.4) is 0 Å². The number of hydrogen-bond donors (Lipinski definition) is 0. The van der Waals surface area contributed by atoms with E-state index in [1.165, 1.54) is 5.56 Å². The second kappa shape index (κ2) is 21.0. The summed E-state index contributed by atoms with van der Waals surface area (Å²) in [7, 11) is 1.74. The molecule has 6 aromatic carbocycles. The standard InChI is InChI=1S/C50H52O6S/c1-3-53-44-27-24-37(25-28-44)30-43-31-42(26-29-45(43)51-2)50-49(56-35-41-22-14-7-15-23-41)48(55-34-40-20-12-6-13-21-40)47(54-33-39-18-10-5-11-19-39)46(57-50)36-52-32-38-16-8-4-9-17-38/h4-29,31,46-50H,3,30,32-36H2,1-2H3/t46-,47-,48+,49-,50+/m1/s1. The average molecular weight is 781 g/mol. The van der Waals surface area contributed by atoms with E-state index in [9.17, 15) is 0 Å². The van der Waals surface area contributed by atoms with E-state index in [1.54, 1.807) is 7.11 Å². The molecule has 0 N–H and O–H groups in total. The summed E-state index contributed by atoms with van der Waals surface area (Å²) in [4.78, 5) is 0. The Balaban J connectivity index is 1.26. The van der Waals surface area contributed by atoms with E-state index in [4.69, 9.17) is 28.4 Å². The van der Waals surface area contributed by atoms with Crippen LogP contribution < -0.4 is 9.47 Å². The molecule has 1 heterocycles. The van der Waals surface area contributed by atoms with Crippen LogP contribution in [-0.4, -0.2) is 43.9 Å². The van der Waals surface area contributed by atoms with E-state index in [1.807, 2.05) is 67.2 Å². The highest BCUT2D eigenvalue weighted by Gasteiger charge is 2.48. The summed E-state index contributed by atoms with van der Waals surface area (Å²) in [5, 5.41) is -0.183. The molecule has 57 heavy (non-hydrogen) atoms. The van der Waals surface area contributed by atoms with Gasteiger partial charge in [0.05, 0.1) is 57.3 Å². The second-order valence-electron chi connectivity index (χ2n) is 14.2. The highest BCUT2D eigenvalue weighted by atomic mass is 32.2. The summed E-state index contributed by atoms with van der Waals surface area (Å²) in [6.07, 6.45) is -0.424. The Morgan fingerprint density at radius 3 is 1.54 bits per heavy atom. The lowest BCUT2D eigenvalue weighted by atomic mass is 9.93. The van der Waals surface area contributed by atoms with Gasteiger partial charge in [-0.25, -0.2) is 0 Å². The van der Waals surface area contributed by atoms with Crippen LogP contribution in [0.1, 0.15) is 51.1 Å². The van der Waals surface area contributed by atoms with Crippen molar-refractivity contribution in [3.05, 3.63) is 203 Å². The van der Waals surface area contributed by atoms with Gasteiger partial charge in [-0.1, -0.05) is 146 Å². The molecule has 0 bridgehead atoms. The van der Waals surface area contributed by atoms with Crippen molar-refractivity contribution in [3.63, 3.8) is 0 Å². The molecular weight excluding hydrogens is 729 g/mol. The molecule has 7 rings (SSSR count). The smallest absolute Gasteiger partial charge is 0.122 e. The maximum atomic E-state index is 7.08. The lowest BCUT2D eigenvalue weighted by Crippen LogP contribution is -2.54. The predicted molar refractivity (Wildman–Crippen MR) is 229 cm³/mol. The van der Waals surface area contributed by atoms with Crippen LogP contribution in [-0.2, 0) is 51.8 Å². The molecule has 0 amide bonds. The summed E-state index contributed by atoms with van der Waals surface area (Å²) in [6, 6.07) is 56.2. The van der Waals surface area contributed by atoms with Crippen LogP contribution >= 0.6 is 11.8 Å². The molecule has 0 aromatic heterocycles. The van der Waals surface area contributed by atoms with E-state index in [-0.39, 0.29) is 22.7 Å². The van der Waals surface area contributed by atoms with Crippen molar-refractivity contribution < 1.29 is 28.4 Å². The second-order valence-corrected chi connectivity index (χ2v) is 15.6. The molecular formula is C50H52O6S. The van der Waals surface area contributed by atoms with Crippen LogP contribution in [0.4, 0.5) is 0 Å². The highest BCUT2D eigenvalue weighted by Crippen LogP contribution is 2.48. The minimum absolute atomic E-state index is 0.0727. The molecule has 7 heteroatoms. The molecule has 0 radical (unpaired) electrons. The van der Waals surface area contributed by atoms with Crippen molar-refractivity contribution in [2.75, 3.05) is 20.3 Å². The van der Waals surface area contributed by atoms with Crippen LogP contribution in [0.5, 0.6) is 11.5 Å². The van der Waals surface area contributed by atoms with Gasteiger partial charge in [-0.15, -0.1) is 11.8 Å². The maximum Gasteiger partial charge on any atom is 0.122 e. The van der Waals surface area contributed by atoms with E-state index in [0.717, 1.165) is 44.9 Å². The van der Waals surface area contributed by atoms with Gasteiger partial charge in [0.1, 0.15) is 29.8 Å². The summed E-state index contributed by atoms with van der Waals surface area (Å²) in [5.74, 6) is 1.71. The summed E-state index contributed by atoms with van der Waals surface area (Å²) >= 11 is 1.86. The Morgan fingerprint density at radius 1 is 0.509 bits per heavy atom. The Morgan fingerprint density at radius 2 is 1.02 bits per heavy atom. The first-order chi connectivity index (χ1) is 28.2. The number of ether oxygens (including phenoxy) is 6. The summed E-state index contributed by atoms with van der Waals surface area (Å²) in [5.41, 5.74) is 7.84. The number of thioether (sulfide) groups is 1. The Kier molecular flexibility index (Phi) is 14.9. The largest absolute Gasteiger partial charge is 0.496 e. The molecule has 6 aromatic rings. The van der Waals surface area contributed by atoms with E-state index in [0.29, 0.717) is 46.1 Å². The van der Waals surface area contributed by atoms with Crippen molar-refractivity contribution >= 4 is 11.8 Å². The van der Waals surface area contributed by atoms with Crippen LogP contribution in [0.2, 0.25) is 0 Å². The SMILES string of the molecule is CCOc1ccc(Cc2cc([C@@H]3S[C@H](COCc4ccccc4)[C@@H](OCc4ccccc4)[C@H](OCc4ccccc4)[C@H]3OCc3ccccc3)ccc2OC)cc1. The third-order valence-electron chi connectivity index (χ3n) is 10.1. The monoisotopic (exact) mass is 780 g/mol. The zero-order valence-electron chi connectivity index (χ0n) is 32.8. The summed E-state index contributed by atoms with van der Waals surface area (Å²) in [6.45, 7) is 4.91. The third-order valence-corrected chi connectivity index (χ3v) is 11.7. The van der Waals surface area contributed by atoms with Gasteiger partial charge in [-0.3, -0.25) is 0 Å². The van der Waals surface area contributed by atoms with Gasteiger partial charge >= 0.3 is 0 Å². The van der Waals surface area contributed by atoms with Crippen molar-refractivity contribution in [1.82, 2.24) is 0 Å². The minimum atomic E-state index is -0.425. The van der Waals surface area contributed by atoms with Gasteiger partial charge in [0.2, 0.25) is 0 Å². The molecule has 1 aliphatic heterocycles. The number of rotatable bonds is 19. The van der Waals surface area contributed by atoms with Gasteiger partial charge in [-0.05, 0) is 64.1 Å². The average Bonchev–Trinajstić information content (AvgIpc) is 3.26. The lowest BCUT2D eigenvalue weighted by molar-refractivity contribution is -0.160. The zero-order valence-corrected chi connectivity index (χ0v) is 33.6. The molecule has 0 aliphatic carbocycles. The van der Waals surface area contributed by atoms with Gasteiger partial charge < -0.3 is 28.4 Å². The predicted octanol–water partition coefficient (Wildman–Crippen LogP) is 10.8. The number of methoxy groups -OCH3 is 1. The van der Waals surface area contributed by atoms with Crippen molar-refractivity contribution in [1.29, 1.82) is 0 Å². The molecule has 294 valence electrons. The van der Waals surface area contributed by atoms with Gasteiger partial charge in [-0.2, -0.15) is 0 Å². The quantitative estimate of drug-likeness (QED) is 0.0811. The molecule has 1 aliphatic rings. The molecule has 0 spiro atoms. The van der Waals surface area contributed by atoms with Crippen LogP contribution in [0.25, 0.3) is 0 Å². The fraction of sp³-hybridized carbons (Fsp3) is 0.280. The fourth-order valence-corrected chi connectivity index (χ4v) is 8.89. The van der Waals surface area contributed by atoms with Crippen molar-refractivity contribution in [2.45, 2.75) is 68.6 Å². The minimum Gasteiger partial charge on any atom is -0.496 e. The number of hydrogen-bond acceptors (Lipinski definition) is 7. The van der Waals surface area contributed by atoms with E-state index < -0.39 is 6.10 Å². The Labute approximate surface area is 342 Å². The normalized spacial score (nSPS) is 19.2. The fourth-order valence-electron chi connectivity index (χ4n) is 7.26. The Bertz CT molecular complexity index is 2050. The van der Waals surface area contributed by atoms with Crippen LogP contribution in [0, 0.1) is 0 Å². The van der Waals surface area contributed by atoms with Crippen molar-refractivity contribution in [2.24, 2.45) is 0 Å². The van der Waals surface area contributed by atoms with Gasteiger partial charge in [0.15, 0.2) is 0 Å². The van der Waals surface area contributed by atoms with Gasteiger partial charge in [0.25, 0.3) is 0 Å². The first-order valence-corrected chi connectivity index (χ1v) is 20.7. The van der Waals surface area contributed by atoms with Gasteiger partial charge in [0, 0.05) is 6.42 Å². The highest BCUT2D eigenvalue weighted by molar-refractivity contribution is 8.00.